The van der Waals surface area contributed by atoms with E-state index in [1.807, 2.05) is 30.5 Å². The fourth-order valence-electron chi connectivity index (χ4n) is 5.73. The number of hydrogen-bond donors (Lipinski definition) is 2. The molecule has 3 heterocycles. The topological polar surface area (TPSA) is 80.8 Å². The number of likely N-dealkylation sites (tertiary alicyclic amines) is 1. The van der Waals surface area contributed by atoms with Gasteiger partial charge in [0.2, 0.25) is 0 Å². The number of fused-ring (bicyclic) bond motifs is 1. The molecule has 2 aliphatic heterocycles. The SMILES string of the molecule is C/N=C\c1cc(C(=O)NC)ccc1N1CCC(N2CCC(c3cc4cccc(F)c4c(=O)[nH]3)C2)CC1. The molecule has 2 aromatic carbocycles. The average molecular weight is 490 g/mol. The van der Waals surface area contributed by atoms with Crippen molar-refractivity contribution in [3.05, 3.63) is 75.5 Å². The number of pyridine rings is 1. The minimum atomic E-state index is -0.475. The van der Waals surface area contributed by atoms with Gasteiger partial charge in [0.15, 0.2) is 0 Å². The van der Waals surface area contributed by atoms with Crippen LogP contribution in [0.15, 0.2) is 52.3 Å². The second kappa shape index (κ2) is 10.2. The van der Waals surface area contributed by atoms with Gasteiger partial charge in [-0.15, -0.1) is 0 Å². The van der Waals surface area contributed by atoms with Crippen molar-refractivity contribution in [3.63, 3.8) is 0 Å². The largest absolute Gasteiger partial charge is 0.371 e. The summed E-state index contributed by atoms with van der Waals surface area (Å²) in [5.74, 6) is -0.336. The highest BCUT2D eigenvalue weighted by molar-refractivity contribution is 5.98. The first kappa shape index (κ1) is 24.2. The van der Waals surface area contributed by atoms with Crippen molar-refractivity contribution in [2.45, 2.75) is 31.2 Å². The van der Waals surface area contributed by atoms with Crippen LogP contribution in [0.1, 0.15) is 46.8 Å². The molecular weight excluding hydrogens is 457 g/mol. The van der Waals surface area contributed by atoms with E-state index < -0.39 is 5.82 Å². The van der Waals surface area contributed by atoms with Crippen molar-refractivity contribution in [2.75, 3.05) is 45.2 Å². The van der Waals surface area contributed by atoms with Crippen molar-refractivity contribution >= 4 is 28.6 Å². The number of nitrogens with one attached hydrogen (secondary N) is 2. The van der Waals surface area contributed by atoms with Crippen LogP contribution in [0.25, 0.3) is 10.8 Å². The molecule has 2 fully saturated rings. The van der Waals surface area contributed by atoms with Gasteiger partial charge in [-0.2, -0.15) is 0 Å². The van der Waals surface area contributed by atoms with E-state index in [2.05, 4.69) is 25.1 Å². The Morgan fingerprint density at radius 3 is 2.69 bits per heavy atom. The second-order valence-electron chi connectivity index (χ2n) is 9.70. The summed E-state index contributed by atoms with van der Waals surface area (Å²) >= 11 is 0. The maximum Gasteiger partial charge on any atom is 0.259 e. The van der Waals surface area contributed by atoms with Crippen LogP contribution in [0.5, 0.6) is 0 Å². The van der Waals surface area contributed by atoms with Gasteiger partial charge >= 0.3 is 0 Å². The number of carbonyl (C=O) groups is 1. The molecule has 1 aromatic heterocycles. The van der Waals surface area contributed by atoms with Crippen LogP contribution in [0, 0.1) is 5.82 Å². The zero-order valence-electron chi connectivity index (χ0n) is 20.8. The summed E-state index contributed by atoms with van der Waals surface area (Å²) < 4.78 is 14.1. The molecule has 0 spiro atoms. The molecule has 0 radical (unpaired) electrons. The quantitative estimate of drug-likeness (QED) is 0.538. The number of aromatic nitrogens is 1. The van der Waals surface area contributed by atoms with Crippen molar-refractivity contribution in [1.82, 2.24) is 15.2 Å². The molecule has 8 heteroatoms. The van der Waals surface area contributed by atoms with E-state index in [0.717, 1.165) is 62.4 Å². The molecule has 0 bridgehead atoms. The Labute approximate surface area is 210 Å². The van der Waals surface area contributed by atoms with E-state index in [0.29, 0.717) is 17.0 Å². The first-order chi connectivity index (χ1) is 17.5. The number of nitrogens with zero attached hydrogens (tertiary/aromatic N) is 3. The van der Waals surface area contributed by atoms with Crippen LogP contribution < -0.4 is 15.8 Å². The van der Waals surface area contributed by atoms with Crippen LogP contribution in [0.2, 0.25) is 0 Å². The number of halogens is 1. The lowest BCUT2D eigenvalue weighted by Crippen LogP contribution is -2.44. The Morgan fingerprint density at radius 2 is 1.94 bits per heavy atom. The van der Waals surface area contributed by atoms with Crippen molar-refractivity contribution in [3.8, 4) is 0 Å². The molecule has 1 atom stereocenters. The lowest BCUT2D eigenvalue weighted by atomic mass is 10.00. The predicted octanol–water partition coefficient (Wildman–Crippen LogP) is 3.53. The first-order valence-corrected chi connectivity index (χ1v) is 12.6. The molecule has 1 unspecified atom stereocenters. The Kier molecular flexibility index (Phi) is 6.87. The number of carbonyl (C=O) groups excluding carboxylic acids is 1. The highest BCUT2D eigenvalue weighted by Crippen LogP contribution is 2.32. The Hall–Kier alpha value is -3.52. The number of amides is 1. The third kappa shape index (κ3) is 4.65. The number of aromatic amines is 1. The molecule has 0 aliphatic carbocycles. The molecule has 7 nitrogen and oxygen atoms in total. The molecule has 1 amide bonds. The normalized spacial score (nSPS) is 19.4. The van der Waals surface area contributed by atoms with Gasteiger partial charge in [-0.3, -0.25) is 19.5 Å². The van der Waals surface area contributed by atoms with Crippen molar-refractivity contribution in [1.29, 1.82) is 0 Å². The van der Waals surface area contributed by atoms with Gasteiger partial charge in [0, 0.05) is 74.4 Å². The van der Waals surface area contributed by atoms with E-state index in [1.54, 1.807) is 26.2 Å². The van der Waals surface area contributed by atoms with E-state index in [9.17, 15) is 14.0 Å². The van der Waals surface area contributed by atoms with Crippen LogP contribution in [0.3, 0.4) is 0 Å². The maximum atomic E-state index is 14.1. The van der Waals surface area contributed by atoms with Gasteiger partial charge in [0.25, 0.3) is 11.5 Å². The zero-order valence-corrected chi connectivity index (χ0v) is 20.8. The van der Waals surface area contributed by atoms with Gasteiger partial charge in [0.05, 0.1) is 5.39 Å². The Bertz CT molecular complexity index is 1360. The molecule has 2 N–H and O–H groups in total. The fourth-order valence-corrected chi connectivity index (χ4v) is 5.73. The summed E-state index contributed by atoms with van der Waals surface area (Å²) in [5.41, 5.74) is 3.24. The number of rotatable bonds is 5. The summed E-state index contributed by atoms with van der Waals surface area (Å²) in [5, 5.41) is 3.48. The van der Waals surface area contributed by atoms with E-state index >= 15 is 0 Å². The Morgan fingerprint density at radius 1 is 1.14 bits per heavy atom. The molecule has 36 heavy (non-hydrogen) atoms. The predicted molar refractivity (Wildman–Crippen MR) is 142 cm³/mol. The van der Waals surface area contributed by atoms with Gasteiger partial charge in [-0.05, 0) is 61.5 Å². The number of anilines is 1. The summed E-state index contributed by atoms with van der Waals surface area (Å²) in [6.45, 7) is 3.76. The number of aliphatic imine (C=N–C) groups is 1. The van der Waals surface area contributed by atoms with Crippen LogP contribution >= 0.6 is 0 Å². The van der Waals surface area contributed by atoms with Crippen LogP contribution in [-0.4, -0.2) is 68.3 Å². The lowest BCUT2D eigenvalue weighted by Gasteiger charge is -2.38. The maximum absolute atomic E-state index is 14.1. The number of H-pyrrole nitrogens is 1. The second-order valence-corrected chi connectivity index (χ2v) is 9.70. The van der Waals surface area contributed by atoms with Gasteiger partial charge in [-0.1, -0.05) is 12.1 Å². The van der Waals surface area contributed by atoms with Crippen molar-refractivity contribution in [2.24, 2.45) is 4.99 Å². The lowest BCUT2D eigenvalue weighted by molar-refractivity contribution is 0.0963. The fraction of sp³-hybridized carbons (Fsp3) is 0.393. The van der Waals surface area contributed by atoms with Gasteiger partial charge < -0.3 is 15.2 Å². The number of piperidine rings is 1. The minimum absolute atomic E-state index is 0.104. The van der Waals surface area contributed by atoms with Crippen molar-refractivity contribution < 1.29 is 9.18 Å². The zero-order chi connectivity index (χ0) is 25.2. The Balaban J connectivity index is 1.25. The molecule has 3 aromatic rings. The molecule has 2 saturated heterocycles. The highest BCUT2D eigenvalue weighted by Gasteiger charge is 2.32. The number of benzene rings is 2. The molecule has 2 aliphatic rings. The third-order valence-electron chi connectivity index (χ3n) is 7.61. The summed E-state index contributed by atoms with van der Waals surface area (Å²) in [6, 6.07) is 13.0. The molecular formula is C28H32FN5O2. The highest BCUT2D eigenvalue weighted by atomic mass is 19.1. The monoisotopic (exact) mass is 489 g/mol. The third-order valence-corrected chi connectivity index (χ3v) is 7.61. The van der Waals surface area contributed by atoms with E-state index in [1.165, 1.54) is 6.07 Å². The summed E-state index contributed by atoms with van der Waals surface area (Å²) in [6.07, 6.45) is 4.89. The standard InChI is InChI=1S/C28H32FN5O2/c1-30-16-21-14-19(27(35)31-2)6-7-25(21)33-12-9-22(10-13-33)34-11-8-20(17-34)24-15-18-4-3-5-23(29)26(18)28(36)32-24/h3-7,14-16,20,22H,8-13,17H2,1-2H3,(H,31,35)(H,32,36)/b30-16-. The van der Waals surface area contributed by atoms with Gasteiger partial charge in [-0.25, -0.2) is 4.39 Å². The molecule has 0 saturated carbocycles. The first-order valence-electron chi connectivity index (χ1n) is 12.6. The minimum Gasteiger partial charge on any atom is -0.371 e. The van der Waals surface area contributed by atoms with Gasteiger partial charge in [0.1, 0.15) is 5.82 Å². The van der Waals surface area contributed by atoms with Crippen LogP contribution in [0.4, 0.5) is 10.1 Å². The summed E-state index contributed by atoms with van der Waals surface area (Å²) in [7, 11) is 3.38. The smallest absolute Gasteiger partial charge is 0.259 e. The molecule has 188 valence electrons. The van der Waals surface area contributed by atoms with E-state index in [4.69, 9.17) is 0 Å². The molecule has 5 rings (SSSR count). The van der Waals surface area contributed by atoms with E-state index in [-0.39, 0.29) is 22.8 Å². The number of hydrogen-bond acceptors (Lipinski definition) is 5. The van der Waals surface area contributed by atoms with Crippen LogP contribution in [-0.2, 0) is 0 Å². The summed E-state index contributed by atoms with van der Waals surface area (Å²) in [4.78, 5) is 36.7. The average Bonchev–Trinajstić information content (AvgIpc) is 3.39.